The van der Waals surface area contributed by atoms with Crippen LogP contribution in [0.1, 0.15) is 63.7 Å². The van der Waals surface area contributed by atoms with Gasteiger partial charge >= 0.3 is 0 Å². The van der Waals surface area contributed by atoms with Crippen molar-refractivity contribution in [1.82, 2.24) is 0 Å². The molecule has 0 saturated heterocycles. The van der Waals surface area contributed by atoms with Crippen LogP contribution in [0, 0.1) is 17.6 Å². The Balaban J connectivity index is 1.76. The molecule has 0 radical (unpaired) electrons. The predicted molar refractivity (Wildman–Crippen MR) is 118 cm³/mol. The summed E-state index contributed by atoms with van der Waals surface area (Å²) in [5.41, 5.74) is 6.77. The maximum absolute atomic E-state index is 14.8. The summed E-state index contributed by atoms with van der Waals surface area (Å²) in [7, 11) is 0. The molecule has 0 bridgehead atoms. The number of rotatable bonds is 1. The Morgan fingerprint density at radius 1 is 1.17 bits per heavy atom. The fourth-order valence-corrected chi connectivity index (χ4v) is 5.52. The third-order valence-corrected chi connectivity index (χ3v) is 6.59. The number of benzene rings is 2. The van der Waals surface area contributed by atoms with E-state index in [0.29, 0.717) is 5.56 Å². The van der Waals surface area contributed by atoms with Crippen molar-refractivity contribution in [2.75, 3.05) is 5.32 Å². The van der Waals surface area contributed by atoms with Crippen LogP contribution in [0.25, 0.3) is 16.7 Å². The van der Waals surface area contributed by atoms with Gasteiger partial charge in [0.2, 0.25) is 0 Å². The van der Waals surface area contributed by atoms with Gasteiger partial charge < -0.3 is 10.1 Å². The zero-order chi connectivity index (χ0) is 21.2. The molecule has 5 rings (SSSR count). The monoisotopic (exact) mass is 407 g/mol. The van der Waals surface area contributed by atoms with Crippen LogP contribution in [-0.2, 0) is 0 Å². The molecule has 2 aliphatic heterocycles. The van der Waals surface area contributed by atoms with E-state index in [2.05, 4.69) is 38.7 Å². The smallest absolute Gasteiger partial charge is 0.168 e. The van der Waals surface area contributed by atoms with Crippen LogP contribution in [0.3, 0.4) is 0 Å². The number of allylic oxidation sites excluding steroid dienone is 2. The van der Waals surface area contributed by atoms with Gasteiger partial charge in [0.25, 0.3) is 0 Å². The number of halogens is 2. The molecule has 1 fully saturated rings. The average molecular weight is 408 g/mol. The van der Waals surface area contributed by atoms with Crippen molar-refractivity contribution in [3.63, 3.8) is 0 Å². The van der Waals surface area contributed by atoms with E-state index in [1.54, 1.807) is 0 Å². The lowest BCUT2D eigenvalue weighted by molar-refractivity contribution is 0.111. The van der Waals surface area contributed by atoms with Crippen LogP contribution in [0.5, 0.6) is 5.75 Å². The zero-order valence-electron chi connectivity index (χ0n) is 17.7. The molecule has 3 aliphatic rings. The summed E-state index contributed by atoms with van der Waals surface area (Å²) in [5.74, 6) is -0.846. The Kier molecular flexibility index (Phi) is 4.32. The van der Waals surface area contributed by atoms with E-state index in [1.807, 2.05) is 12.1 Å². The lowest BCUT2D eigenvalue weighted by atomic mass is 9.74. The molecule has 1 N–H and O–H groups in total. The van der Waals surface area contributed by atoms with E-state index in [1.165, 1.54) is 11.6 Å². The number of nitrogens with one attached hydrogen (secondary N) is 1. The molecule has 2 aromatic rings. The molecule has 2 atom stereocenters. The van der Waals surface area contributed by atoms with Gasteiger partial charge in [-0.1, -0.05) is 24.3 Å². The minimum Gasteiger partial charge on any atom is -0.482 e. The molecule has 2 aromatic carbocycles. The summed E-state index contributed by atoms with van der Waals surface area (Å²) < 4.78 is 35.3. The second-order valence-electron chi connectivity index (χ2n) is 9.53. The summed E-state index contributed by atoms with van der Waals surface area (Å²) in [6.45, 7) is 10.6. The van der Waals surface area contributed by atoms with Gasteiger partial charge in [0, 0.05) is 34.4 Å². The van der Waals surface area contributed by atoms with Gasteiger partial charge in [-0.2, -0.15) is 0 Å². The first-order valence-electron chi connectivity index (χ1n) is 10.7. The van der Waals surface area contributed by atoms with Gasteiger partial charge in [0.15, 0.2) is 11.6 Å². The van der Waals surface area contributed by atoms with E-state index >= 15 is 0 Å². The standard InChI is InChI=1S/C26H27F2NO/c1-14-6-5-7-16(10-14)24-23-18(19-11-17(27)12-20(28)25(19)30-24)8-9-21-22(23)15(2)13-26(3,4)29-21/h8-9,11-13,16,24,29H,1,5-7,10H2,2-4H3. The van der Waals surface area contributed by atoms with E-state index < -0.39 is 11.6 Å². The predicted octanol–water partition coefficient (Wildman–Crippen LogP) is 7.42. The second kappa shape index (κ2) is 6.69. The van der Waals surface area contributed by atoms with E-state index in [0.717, 1.165) is 59.7 Å². The molecule has 0 amide bonds. The van der Waals surface area contributed by atoms with E-state index in [4.69, 9.17) is 4.74 Å². The molecule has 2 heterocycles. The highest BCUT2D eigenvalue weighted by Crippen LogP contribution is 2.53. The maximum Gasteiger partial charge on any atom is 0.168 e. The van der Waals surface area contributed by atoms with Crippen molar-refractivity contribution >= 4 is 11.3 Å². The highest BCUT2D eigenvalue weighted by molar-refractivity contribution is 5.89. The van der Waals surface area contributed by atoms with Gasteiger partial charge in [0.05, 0.1) is 5.54 Å². The first-order valence-corrected chi connectivity index (χ1v) is 10.7. The summed E-state index contributed by atoms with van der Waals surface area (Å²) in [6.07, 6.45) is 5.90. The third-order valence-electron chi connectivity index (χ3n) is 6.59. The van der Waals surface area contributed by atoms with Gasteiger partial charge in [-0.15, -0.1) is 0 Å². The van der Waals surface area contributed by atoms with Crippen LogP contribution in [0.15, 0.2) is 42.5 Å². The van der Waals surface area contributed by atoms with Crippen LogP contribution in [-0.4, -0.2) is 5.54 Å². The second-order valence-corrected chi connectivity index (χ2v) is 9.53. The van der Waals surface area contributed by atoms with Crippen LogP contribution < -0.4 is 10.1 Å². The lowest BCUT2D eigenvalue weighted by Gasteiger charge is -2.40. The molecule has 0 spiro atoms. The summed E-state index contributed by atoms with van der Waals surface area (Å²) in [6, 6.07) is 6.31. The normalized spacial score (nSPS) is 24.0. The van der Waals surface area contributed by atoms with Crippen molar-refractivity contribution in [3.05, 3.63) is 65.3 Å². The third kappa shape index (κ3) is 3.05. The molecule has 156 valence electrons. The van der Waals surface area contributed by atoms with Crippen molar-refractivity contribution in [2.24, 2.45) is 5.92 Å². The maximum atomic E-state index is 14.8. The Bertz CT molecular complexity index is 1100. The quantitative estimate of drug-likeness (QED) is 0.497. The topological polar surface area (TPSA) is 21.3 Å². The molecule has 30 heavy (non-hydrogen) atoms. The summed E-state index contributed by atoms with van der Waals surface area (Å²) in [4.78, 5) is 0. The molecule has 0 aromatic heterocycles. The van der Waals surface area contributed by atoms with Crippen LogP contribution in [0.4, 0.5) is 14.5 Å². The van der Waals surface area contributed by atoms with Gasteiger partial charge in [-0.3, -0.25) is 0 Å². The molecule has 1 aliphatic carbocycles. The first-order chi connectivity index (χ1) is 14.2. The minimum absolute atomic E-state index is 0.161. The Labute approximate surface area is 176 Å². The largest absolute Gasteiger partial charge is 0.482 e. The van der Waals surface area contributed by atoms with Crippen molar-refractivity contribution in [1.29, 1.82) is 0 Å². The Morgan fingerprint density at radius 2 is 1.97 bits per heavy atom. The van der Waals surface area contributed by atoms with E-state index in [9.17, 15) is 8.78 Å². The SMILES string of the molecule is C=C1CCCC(C2Oc3c(F)cc(F)cc3-c3ccc4c(c32)C(C)=CC(C)(C)N4)C1. The van der Waals surface area contributed by atoms with Crippen LogP contribution >= 0.6 is 0 Å². The van der Waals surface area contributed by atoms with Crippen molar-refractivity contribution in [3.8, 4) is 16.9 Å². The molecule has 2 unspecified atom stereocenters. The summed E-state index contributed by atoms with van der Waals surface area (Å²) >= 11 is 0. The van der Waals surface area contributed by atoms with Gasteiger partial charge in [0.1, 0.15) is 11.9 Å². The van der Waals surface area contributed by atoms with E-state index in [-0.39, 0.29) is 23.3 Å². The molecular formula is C26H27F2NO. The fraction of sp³-hybridized carbons (Fsp3) is 0.385. The van der Waals surface area contributed by atoms with Gasteiger partial charge in [-0.25, -0.2) is 8.78 Å². The number of hydrogen-bond donors (Lipinski definition) is 1. The highest BCUT2D eigenvalue weighted by Gasteiger charge is 2.39. The zero-order valence-corrected chi connectivity index (χ0v) is 17.7. The number of hydrogen-bond acceptors (Lipinski definition) is 2. The molecule has 2 nitrogen and oxygen atoms in total. The number of fused-ring (bicyclic) bond motifs is 5. The highest BCUT2D eigenvalue weighted by atomic mass is 19.1. The Hall–Kier alpha value is -2.62. The molecule has 4 heteroatoms. The first kappa shape index (κ1) is 19.3. The average Bonchev–Trinajstić information content (AvgIpc) is 2.65. The summed E-state index contributed by atoms with van der Waals surface area (Å²) in [5, 5.41) is 3.60. The van der Waals surface area contributed by atoms with Crippen LogP contribution in [0.2, 0.25) is 0 Å². The number of anilines is 1. The fourth-order valence-electron chi connectivity index (χ4n) is 5.52. The molecular weight excluding hydrogens is 380 g/mol. The van der Waals surface area contributed by atoms with Crippen molar-refractivity contribution in [2.45, 2.75) is 58.1 Å². The van der Waals surface area contributed by atoms with Crippen molar-refractivity contribution < 1.29 is 13.5 Å². The van der Waals surface area contributed by atoms with Gasteiger partial charge in [-0.05, 0) is 69.7 Å². The minimum atomic E-state index is -0.639. The lowest BCUT2D eigenvalue weighted by Crippen LogP contribution is -2.33. The Morgan fingerprint density at radius 3 is 2.73 bits per heavy atom. The number of ether oxygens (including phenoxy) is 1. The molecule has 1 saturated carbocycles.